The zero-order chi connectivity index (χ0) is 30.1. The molecule has 0 unspecified atom stereocenters. The van der Waals surface area contributed by atoms with Gasteiger partial charge in [-0.25, -0.2) is 4.79 Å². The van der Waals surface area contributed by atoms with Crippen LogP contribution in [0.4, 0.5) is 11.4 Å². The van der Waals surface area contributed by atoms with Crippen LogP contribution in [0.1, 0.15) is 63.2 Å². The fourth-order valence-corrected chi connectivity index (χ4v) is 5.69. The molecule has 0 aliphatic carbocycles. The van der Waals surface area contributed by atoms with Crippen LogP contribution in [0.3, 0.4) is 0 Å². The lowest BCUT2D eigenvalue weighted by molar-refractivity contribution is -0.124. The van der Waals surface area contributed by atoms with Gasteiger partial charge in [-0.1, -0.05) is 13.8 Å². The molecule has 2 fully saturated rings. The van der Waals surface area contributed by atoms with Crippen molar-refractivity contribution in [2.24, 2.45) is 5.92 Å². The van der Waals surface area contributed by atoms with Crippen LogP contribution in [-0.2, 0) is 14.3 Å². The lowest BCUT2D eigenvalue weighted by atomic mass is 9.99. The van der Waals surface area contributed by atoms with Crippen LogP contribution < -0.4 is 15.0 Å². The molecule has 4 rings (SSSR count). The van der Waals surface area contributed by atoms with Crippen LogP contribution in [0.5, 0.6) is 5.75 Å². The van der Waals surface area contributed by atoms with Gasteiger partial charge in [0.25, 0.3) is 5.91 Å². The molecule has 42 heavy (non-hydrogen) atoms. The quantitative estimate of drug-likeness (QED) is 0.253. The van der Waals surface area contributed by atoms with E-state index in [9.17, 15) is 14.4 Å². The molecule has 1 N–H and O–H groups in total. The molecule has 2 aliphatic rings. The van der Waals surface area contributed by atoms with Crippen molar-refractivity contribution in [3.8, 4) is 5.75 Å². The van der Waals surface area contributed by atoms with Crippen LogP contribution in [-0.4, -0.2) is 78.1 Å². The van der Waals surface area contributed by atoms with Crippen molar-refractivity contribution >= 4 is 46.5 Å². The molecular formula is C32H42N4O5S. The summed E-state index contributed by atoms with van der Waals surface area (Å²) in [6.45, 7) is 10.6. The Balaban J connectivity index is 1.46. The summed E-state index contributed by atoms with van der Waals surface area (Å²) in [4.78, 5) is 44.9. The Morgan fingerprint density at radius 3 is 2.33 bits per heavy atom. The van der Waals surface area contributed by atoms with Crippen LogP contribution in [0.25, 0.3) is 0 Å². The fourth-order valence-electron chi connectivity index (χ4n) is 5.28. The number of likely N-dealkylation sites (tertiary alicyclic amines) is 1. The van der Waals surface area contributed by atoms with Gasteiger partial charge in [0.15, 0.2) is 5.11 Å². The monoisotopic (exact) mass is 594 g/mol. The number of carbonyl (C=O) groups excluding carboxylic acids is 3. The molecule has 9 nitrogen and oxygen atoms in total. The van der Waals surface area contributed by atoms with E-state index in [0.717, 1.165) is 44.1 Å². The number of nitrogens with one attached hydrogen (secondary N) is 1. The topological polar surface area (TPSA) is 91.4 Å². The summed E-state index contributed by atoms with van der Waals surface area (Å²) in [6.07, 6.45) is 4.10. The lowest BCUT2D eigenvalue weighted by Gasteiger charge is -2.31. The summed E-state index contributed by atoms with van der Waals surface area (Å²) in [6, 6.07) is 13.1. The van der Waals surface area contributed by atoms with E-state index < -0.39 is 12.0 Å². The van der Waals surface area contributed by atoms with Crippen molar-refractivity contribution in [2.75, 3.05) is 49.6 Å². The van der Waals surface area contributed by atoms with E-state index in [1.54, 1.807) is 43.3 Å². The Kier molecular flexibility index (Phi) is 11.3. The van der Waals surface area contributed by atoms with Gasteiger partial charge in [0.2, 0.25) is 5.91 Å². The standard InChI is InChI=1S/C32H42N4O5S/c1-4-21-41-27-13-9-25(10-14-27)33-29(37)22-28-30(38)36(26-11-7-24(8-12-26)31(39)40-5-2)32(42)35(28)18-6-17-34-19-15-23(3)16-20-34/h7-14,23,28H,4-6,15-22H2,1-3H3,(H,33,37)/t28-/m0/s1. The number of amides is 2. The van der Waals surface area contributed by atoms with Crippen molar-refractivity contribution in [2.45, 2.75) is 58.9 Å². The molecule has 0 spiro atoms. The predicted molar refractivity (Wildman–Crippen MR) is 168 cm³/mol. The molecule has 0 bridgehead atoms. The summed E-state index contributed by atoms with van der Waals surface area (Å²) < 4.78 is 10.7. The summed E-state index contributed by atoms with van der Waals surface area (Å²) in [5, 5.41) is 3.28. The largest absolute Gasteiger partial charge is 0.494 e. The minimum atomic E-state index is -0.726. The molecule has 2 heterocycles. The smallest absolute Gasteiger partial charge is 0.338 e. The number of piperidine rings is 1. The number of rotatable bonds is 13. The van der Waals surface area contributed by atoms with Gasteiger partial charge >= 0.3 is 5.97 Å². The zero-order valence-corrected chi connectivity index (χ0v) is 25.7. The van der Waals surface area contributed by atoms with E-state index in [-0.39, 0.29) is 24.8 Å². The van der Waals surface area contributed by atoms with Gasteiger partial charge in [-0.05, 0) is 119 Å². The molecular weight excluding hydrogens is 552 g/mol. The second kappa shape index (κ2) is 15.1. The van der Waals surface area contributed by atoms with E-state index in [2.05, 4.69) is 17.1 Å². The maximum atomic E-state index is 13.8. The molecule has 2 aromatic rings. The third kappa shape index (κ3) is 8.07. The van der Waals surface area contributed by atoms with Crippen LogP contribution in [0.15, 0.2) is 48.5 Å². The van der Waals surface area contributed by atoms with Crippen LogP contribution in [0.2, 0.25) is 0 Å². The van der Waals surface area contributed by atoms with Gasteiger partial charge in [0.05, 0.1) is 30.9 Å². The Bertz CT molecular complexity index is 1230. The molecule has 2 aliphatic heterocycles. The molecule has 2 saturated heterocycles. The number of carbonyl (C=O) groups is 3. The zero-order valence-electron chi connectivity index (χ0n) is 24.8. The SMILES string of the molecule is CCCOc1ccc(NC(=O)C[C@H]2C(=O)N(c3ccc(C(=O)OCC)cc3)C(=S)N2CCCN2CCC(C)CC2)cc1. The first kappa shape index (κ1) is 31.4. The van der Waals surface area contributed by atoms with Crippen molar-refractivity contribution < 1.29 is 23.9 Å². The van der Waals surface area contributed by atoms with Gasteiger partial charge in [-0.2, -0.15) is 0 Å². The number of ether oxygens (including phenoxy) is 2. The van der Waals surface area contributed by atoms with Gasteiger partial charge in [-0.3, -0.25) is 14.5 Å². The Hall–Kier alpha value is -3.50. The second-order valence-electron chi connectivity index (χ2n) is 10.9. The predicted octanol–water partition coefficient (Wildman–Crippen LogP) is 5.11. The molecule has 2 aromatic carbocycles. The average molecular weight is 595 g/mol. The first-order chi connectivity index (χ1) is 20.3. The number of esters is 1. The number of hydrogen-bond acceptors (Lipinski definition) is 7. The lowest BCUT2D eigenvalue weighted by Crippen LogP contribution is -2.40. The minimum absolute atomic E-state index is 0.0360. The summed E-state index contributed by atoms with van der Waals surface area (Å²) in [7, 11) is 0. The van der Waals surface area contributed by atoms with E-state index >= 15 is 0 Å². The normalized spacial score (nSPS) is 17.9. The number of thiocarbonyl (C=S) groups is 1. The highest BCUT2D eigenvalue weighted by Crippen LogP contribution is 2.29. The highest BCUT2D eigenvalue weighted by atomic mass is 32.1. The summed E-state index contributed by atoms with van der Waals surface area (Å²) in [5.41, 5.74) is 1.58. The van der Waals surface area contributed by atoms with E-state index in [4.69, 9.17) is 21.7 Å². The van der Waals surface area contributed by atoms with E-state index in [1.165, 1.54) is 17.7 Å². The molecule has 0 aromatic heterocycles. The van der Waals surface area contributed by atoms with Crippen molar-refractivity contribution in [1.82, 2.24) is 9.80 Å². The third-order valence-corrected chi connectivity index (χ3v) is 8.11. The second-order valence-corrected chi connectivity index (χ2v) is 11.3. The van der Waals surface area contributed by atoms with Gasteiger partial charge in [0, 0.05) is 12.2 Å². The van der Waals surface area contributed by atoms with Crippen LogP contribution >= 0.6 is 12.2 Å². The maximum Gasteiger partial charge on any atom is 0.338 e. The Morgan fingerprint density at radius 1 is 1.00 bits per heavy atom. The maximum absolute atomic E-state index is 13.8. The molecule has 0 radical (unpaired) electrons. The van der Waals surface area contributed by atoms with E-state index in [0.29, 0.717) is 35.2 Å². The highest BCUT2D eigenvalue weighted by molar-refractivity contribution is 7.80. The first-order valence-corrected chi connectivity index (χ1v) is 15.4. The highest BCUT2D eigenvalue weighted by Gasteiger charge is 2.44. The molecule has 1 atom stereocenters. The number of nitrogens with zero attached hydrogens (tertiary/aromatic N) is 3. The Morgan fingerprint density at radius 2 is 1.69 bits per heavy atom. The molecule has 226 valence electrons. The van der Waals surface area contributed by atoms with Gasteiger partial charge < -0.3 is 24.6 Å². The van der Waals surface area contributed by atoms with Crippen molar-refractivity contribution in [3.63, 3.8) is 0 Å². The number of benzene rings is 2. The number of hydrogen-bond donors (Lipinski definition) is 1. The fraction of sp³-hybridized carbons (Fsp3) is 0.500. The third-order valence-electron chi connectivity index (χ3n) is 7.69. The Labute approximate surface area is 254 Å². The van der Waals surface area contributed by atoms with Gasteiger partial charge in [-0.15, -0.1) is 0 Å². The van der Waals surface area contributed by atoms with E-state index in [1.807, 2.05) is 24.0 Å². The average Bonchev–Trinajstić information content (AvgIpc) is 3.21. The minimum Gasteiger partial charge on any atom is -0.494 e. The van der Waals surface area contributed by atoms with Crippen LogP contribution in [0, 0.1) is 5.92 Å². The molecule has 10 heteroatoms. The summed E-state index contributed by atoms with van der Waals surface area (Å²) in [5.74, 6) is 0.552. The molecule has 0 saturated carbocycles. The summed E-state index contributed by atoms with van der Waals surface area (Å²) >= 11 is 5.82. The van der Waals surface area contributed by atoms with Gasteiger partial charge in [0.1, 0.15) is 11.8 Å². The number of anilines is 2. The first-order valence-electron chi connectivity index (χ1n) is 15.0. The molecule has 2 amide bonds. The van der Waals surface area contributed by atoms with Crippen molar-refractivity contribution in [1.29, 1.82) is 0 Å². The van der Waals surface area contributed by atoms with Crippen molar-refractivity contribution in [3.05, 3.63) is 54.1 Å².